The summed E-state index contributed by atoms with van der Waals surface area (Å²) in [5.74, 6) is -0.551. The molecule has 0 aliphatic carbocycles. The van der Waals surface area contributed by atoms with Crippen molar-refractivity contribution in [2.24, 2.45) is 0 Å². The molecule has 0 unspecified atom stereocenters. The van der Waals surface area contributed by atoms with Crippen LogP contribution in [0.25, 0.3) is 0 Å². The lowest BCUT2D eigenvalue weighted by Gasteiger charge is -2.03. The second-order valence-electron chi connectivity index (χ2n) is 3.40. The number of nitrogens with two attached hydrogens (primary N) is 1. The second-order valence-corrected chi connectivity index (χ2v) is 3.40. The largest absolute Gasteiger partial charge is 0.396 e. The van der Waals surface area contributed by atoms with Crippen LogP contribution in [0.2, 0.25) is 0 Å². The minimum absolute atomic E-state index is 0.00454. The van der Waals surface area contributed by atoms with Gasteiger partial charge in [0.05, 0.1) is 5.69 Å². The number of carbonyl (C=O) groups is 1. The number of Topliss-reactive ketones (excluding diaryl/α,β-unsaturated/α-hetero) is 1. The number of nitrogen functional groups attached to an aromatic ring is 1. The number of hydrogen-bond donors (Lipinski definition) is 2. The molecule has 1 aromatic rings. The quantitative estimate of drug-likeness (QED) is 0.334. The molecule has 0 amide bonds. The summed E-state index contributed by atoms with van der Waals surface area (Å²) in [5.41, 5.74) is 5.83. The Labute approximate surface area is 94.1 Å². The van der Waals surface area contributed by atoms with Crippen LogP contribution < -0.4 is 11.1 Å². The van der Waals surface area contributed by atoms with Crippen LogP contribution >= 0.6 is 0 Å². The van der Waals surface area contributed by atoms with E-state index in [9.17, 15) is 9.18 Å². The van der Waals surface area contributed by atoms with Crippen molar-refractivity contribution < 1.29 is 9.18 Å². The molecule has 3 N–H and O–H groups in total. The van der Waals surface area contributed by atoms with Gasteiger partial charge >= 0.3 is 0 Å². The van der Waals surface area contributed by atoms with Crippen LogP contribution in [0.3, 0.4) is 0 Å². The van der Waals surface area contributed by atoms with E-state index in [1.807, 2.05) is 0 Å². The van der Waals surface area contributed by atoms with E-state index < -0.39 is 5.82 Å². The normalized spacial score (nSPS) is 10.1. The van der Waals surface area contributed by atoms with Crippen molar-refractivity contribution in [3.05, 3.63) is 42.2 Å². The number of carbonyl (C=O) groups excluding carboxylic acids is 1. The number of ketones is 1. The van der Waals surface area contributed by atoms with Gasteiger partial charge < -0.3 is 11.1 Å². The summed E-state index contributed by atoms with van der Waals surface area (Å²) in [5, 5.41) is 3.02. The molecule has 0 aliphatic heterocycles. The van der Waals surface area contributed by atoms with Crippen molar-refractivity contribution in [2.45, 2.75) is 6.42 Å². The topological polar surface area (TPSA) is 55.1 Å². The first-order valence-electron chi connectivity index (χ1n) is 5.05. The van der Waals surface area contributed by atoms with E-state index in [1.54, 1.807) is 6.08 Å². The van der Waals surface area contributed by atoms with E-state index in [0.717, 1.165) is 0 Å². The Kier molecular flexibility index (Phi) is 4.66. The molecule has 0 aliphatic rings. The third-order valence-corrected chi connectivity index (χ3v) is 2.14. The molecule has 1 rings (SSSR count). The molecule has 0 radical (unpaired) electrons. The van der Waals surface area contributed by atoms with Crippen LogP contribution in [0.15, 0.2) is 30.9 Å². The molecule has 0 bridgehead atoms. The highest BCUT2D eigenvalue weighted by molar-refractivity contribution is 5.96. The maximum absolute atomic E-state index is 12.9. The summed E-state index contributed by atoms with van der Waals surface area (Å²) in [7, 11) is 0. The maximum Gasteiger partial charge on any atom is 0.164 e. The van der Waals surface area contributed by atoms with E-state index in [1.165, 1.54) is 18.2 Å². The molecule has 0 atom stereocenters. The summed E-state index contributed by atoms with van der Waals surface area (Å²) >= 11 is 0. The van der Waals surface area contributed by atoms with Crippen LogP contribution in [0.1, 0.15) is 16.8 Å². The molecule has 0 heterocycles. The highest BCUT2D eigenvalue weighted by atomic mass is 19.1. The van der Waals surface area contributed by atoms with Crippen molar-refractivity contribution in [1.29, 1.82) is 0 Å². The lowest BCUT2D eigenvalue weighted by atomic mass is 10.1. The molecule has 4 heteroatoms. The third kappa shape index (κ3) is 3.47. The van der Waals surface area contributed by atoms with Gasteiger partial charge in [0.1, 0.15) is 5.82 Å². The zero-order valence-corrected chi connectivity index (χ0v) is 9.00. The van der Waals surface area contributed by atoms with Gasteiger partial charge in [0.15, 0.2) is 5.78 Å². The van der Waals surface area contributed by atoms with Gasteiger partial charge in [-0.3, -0.25) is 4.79 Å². The Bertz CT molecular complexity index is 391. The summed E-state index contributed by atoms with van der Waals surface area (Å²) in [6.45, 7) is 4.79. The standard InChI is InChI=1S/C12H15FN2O/c1-2-6-15-7-5-12(16)9-3-4-10(13)11(14)8-9/h2-4,8,15H,1,5-7,14H2. The predicted molar refractivity (Wildman–Crippen MR) is 62.8 cm³/mol. The van der Waals surface area contributed by atoms with Crippen molar-refractivity contribution in [2.75, 3.05) is 18.8 Å². The van der Waals surface area contributed by atoms with Gasteiger partial charge in [0.2, 0.25) is 0 Å². The number of benzene rings is 1. The van der Waals surface area contributed by atoms with Gasteiger partial charge in [-0.25, -0.2) is 4.39 Å². The Balaban J connectivity index is 2.52. The molecule has 3 nitrogen and oxygen atoms in total. The number of nitrogens with one attached hydrogen (secondary N) is 1. The Morgan fingerprint density at radius 2 is 2.31 bits per heavy atom. The Morgan fingerprint density at radius 3 is 2.94 bits per heavy atom. The zero-order chi connectivity index (χ0) is 12.0. The fourth-order valence-corrected chi connectivity index (χ4v) is 1.27. The summed E-state index contributed by atoms with van der Waals surface area (Å²) in [6, 6.07) is 4.02. The molecule has 0 fully saturated rings. The molecular weight excluding hydrogens is 207 g/mol. The van der Waals surface area contributed by atoms with Crippen LogP contribution in [0.5, 0.6) is 0 Å². The van der Waals surface area contributed by atoms with Crippen molar-refractivity contribution in [1.82, 2.24) is 5.32 Å². The van der Waals surface area contributed by atoms with Crippen molar-refractivity contribution in [3.8, 4) is 0 Å². The van der Waals surface area contributed by atoms with Gasteiger partial charge in [0.25, 0.3) is 0 Å². The number of rotatable bonds is 6. The van der Waals surface area contributed by atoms with Crippen LogP contribution in [-0.2, 0) is 0 Å². The van der Waals surface area contributed by atoms with E-state index >= 15 is 0 Å². The fraction of sp³-hybridized carbons (Fsp3) is 0.250. The third-order valence-electron chi connectivity index (χ3n) is 2.14. The van der Waals surface area contributed by atoms with Crippen LogP contribution in [-0.4, -0.2) is 18.9 Å². The SMILES string of the molecule is C=CCNCCC(=O)c1ccc(F)c(N)c1. The zero-order valence-electron chi connectivity index (χ0n) is 9.00. The van der Waals surface area contributed by atoms with E-state index in [2.05, 4.69) is 11.9 Å². The average molecular weight is 222 g/mol. The molecule has 0 aromatic heterocycles. The molecular formula is C12H15FN2O. The first kappa shape index (κ1) is 12.4. The minimum Gasteiger partial charge on any atom is -0.396 e. The first-order valence-corrected chi connectivity index (χ1v) is 5.05. The molecule has 86 valence electrons. The van der Waals surface area contributed by atoms with Gasteiger partial charge in [-0.05, 0) is 18.2 Å². The highest BCUT2D eigenvalue weighted by Crippen LogP contribution is 2.13. The minimum atomic E-state index is -0.499. The van der Waals surface area contributed by atoms with Crippen molar-refractivity contribution >= 4 is 11.5 Å². The first-order chi connectivity index (χ1) is 7.65. The van der Waals surface area contributed by atoms with E-state index in [-0.39, 0.29) is 11.5 Å². The van der Waals surface area contributed by atoms with Gasteiger partial charge in [0, 0.05) is 25.1 Å². The monoisotopic (exact) mass is 222 g/mol. The highest BCUT2D eigenvalue weighted by Gasteiger charge is 2.07. The van der Waals surface area contributed by atoms with Gasteiger partial charge in [-0.1, -0.05) is 6.08 Å². The number of hydrogen-bond acceptors (Lipinski definition) is 3. The lowest BCUT2D eigenvalue weighted by Crippen LogP contribution is -2.18. The Hall–Kier alpha value is -1.68. The summed E-state index contributed by atoms with van der Waals surface area (Å²) in [6.07, 6.45) is 2.08. The second kappa shape index (κ2) is 6.02. The molecule has 0 saturated carbocycles. The predicted octanol–water partition coefficient (Wildman–Crippen LogP) is 1.76. The smallest absolute Gasteiger partial charge is 0.164 e. The summed E-state index contributed by atoms with van der Waals surface area (Å²) in [4.78, 5) is 11.6. The average Bonchev–Trinajstić information content (AvgIpc) is 2.28. The van der Waals surface area contributed by atoms with E-state index in [4.69, 9.17) is 5.73 Å². The lowest BCUT2D eigenvalue weighted by molar-refractivity contribution is 0.0983. The Morgan fingerprint density at radius 1 is 1.56 bits per heavy atom. The van der Waals surface area contributed by atoms with Gasteiger partial charge in [-0.15, -0.1) is 6.58 Å². The number of anilines is 1. The van der Waals surface area contributed by atoms with E-state index in [0.29, 0.717) is 25.1 Å². The fourth-order valence-electron chi connectivity index (χ4n) is 1.27. The van der Waals surface area contributed by atoms with Gasteiger partial charge in [-0.2, -0.15) is 0 Å². The van der Waals surface area contributed by atoms with Crippen LogP contribution in [0.4, 0.5) is 10.1 Å². The molecule has 0 spiro atoms. The molecule has 16 heavy (non-hydrogen) atoms. The number of halogens is 1. The molecule has 1 aromatic carbocycles. The maximum atomic E-state index is 12.9. The van der Waals surface area contributed by atoms with Crippen molar-refractivity contribution in [3.63, 3.8) is 0 Å². The summed E-state index contributed by atoms with van der Waals surface area (Å²) < 4.78 is 12.9. The van der Waals surface area contributed by atoms with Crippen LogP contribution in [0, 0.1) is 5.82 Å². The molecule has 0 saturated heterocycles.